The van der Waals surface area contributed by atoms with E-state index in [4.69, 9.17) is 5.73 Å². The maximum atomic E-state index is 11.5. The molecule has 2 aromatic heterocycles. The third kappa shape index (κ3) is 3.23. The zero-order valence-corrected chi connectivity index (χ0v) is 11.4. The summed E-state index contributed by atoms with van der Waals surface area (Å²) in [5.74, 6) is 0.0562. The summed E-state index contributed by atoms with van der Waals surface area (Å²) in [6.07, 6.45) is 2.43. The zero-order chi connectivity index (χ0) is 13.7. The number of esters is 1. The summed E-state index contributed by atoms with van der Waals surface area (Å²) in [6, 6.07) is 5.64. The van der Waals surface area contributed by atoms with Gasteiger partial charge in [-0.2, -0.15) is 0 Å². The predicted octanol–water partition coefficient (Wildman–Crippen LogP) is 2.17. The van der Waals surface area contributed by atoms with Gasteiger partial charge >= 0.3 is 5.97 Å². The molecule has 0 amide bonds. The third-order valence-electron chi connectivity index (χ3n) is 2.64. The van der Waals surface area contributed by atoms with Crippen LogP contribution in [0.2, 0.25) is 0 Å². The van der Waals surface area contributed by atoms with Gasteiger partial charge in [0.1, 0.15) is 5.82 Å². The molecule has 0 aliphatic rings. The lowest BCUT2D eigenvalue weighted by atomic mass is 10.2. The van der Waals surface area contributed by atoms with Crippen LogP contribution in [0.5, 0.6) is 0 Å². The highest BCUT2D eigenvalue weighted by Gasteiger charge is 2.13. The Balaban J connectivity index is 2.02. The van der Waals surface area contributed by atoms with Crippen LogP contribution in [-0.4, -0.2) is 24.6 Å². The highest BCUT2D eigenvalue weighted by Crippen LogP contribution is 2.20. The lowest BCUT2D eigenvalue weighted by Gasteiger charge is -2.10. The molecular weight excluding hydrogens is 262 g/mol. The van der Waals surface area contributed by atoms with E-state index in [9.17, 15) is 4.79 Å². The lowest BCUT2D eigenvalue weighted by molar-refractivity contribution is 0.0602. The second-order valence-corrected chi connectivity index (χ2v) is 4.90. The molecule has 6 heteroatoms. The summed E-state index contributed by atoms with van der Waals surface area (Å²) in [7, 11) is 1.33. The van der Waals surface area contributed by atoms with E-state index in [1.807, 2.05) is 11.4 Å². The first-order valence-corrected chi connectivity index (χ1v) is 6.69. The number of pyridine rings is 1. The number of nitrogen functional groups attached to an aromatic ring is 1. The minimum Gasteiger partial charge on any atom is -0.465 e. The van der Waals surface area contributed by atoms with Crippen LogP contribution in [0.3, 0.4) is 0 Å². The summed E-state index contributed by atoms with van der Waals surface area (Å²) in [4.78, 5) is 16.9. The molecule has 2 aromatic rings. The number of nitrogens with two attached hydrogens (primary N) is 1. The van der Waals surface area contributed by atoms with Gasteiger partial charge in [0.25, 0.3) is 0 Å². The molecule has 0 unspecified atom stereocenters. The van der Waals surface area contributed by atoms with Crippen molar-refractivity contribution < 1.29 is 9.53 Å². The summed E-state index contributed by atoms with van der Waals surface area (Å²) in [5.41, 5.74) is 6.55. The van der Waals surface area contributed by atoms with Crippen molar-refractivity contribution in [1.29, 1.82) is 0 Å². The first-order valence-electron chi connectivity index (χ1n) is 5.81. The Morgan fingerprint density at radius 2 is 2.37 bits per heavy atom. The van der Waals surface area contributed by atoms with Gasteiger partial charge < -0.3 is 15.8 Å². The molecule has 0 fully saturated rings. The number of ether oxygens (including phenoxy) is 1. The maximum absolute atomic E-state index is 11.5. The Labute approximate surface area is 115 Å². The quantitative estimate of drug-likeness (QED) is 0.819. The van der Waals surface area contributed by atoms with Crippen molar-refractivity contribution in [3.05, 3.63) is 40.2 Å². The smallest absolute Gasteiger partial charge is 0.340 e. The molecule has 2 rings (SSSR count). The van der Waals surface area contributed by atoms with Crippen molar-refractivity contribution in [2.24, 2.45) is 0 Å². The molecule has 19 heavy (non-hydrogen) atoms. The van der Waals surface area contributed by atoms with Crippen molar-refractivity contribution in [2.75, 3.05) is 24.7 Å². The highest BCUT2D eigenvalue weighted by atomic mass is 32.1. The number of rotatable bonds is 5. The fourth-order valence-corrected chi connectivity index (χ4v) is 2.37. The van der Waals surface area contributed by atoms with Crippen molar-refractivity contribution in [2.45, 2.75) is 6.42 Å². The van der Waals surface area contributed by atoms with Crippen molar-refractivity contribution in [1.82, 2.24) is 4.98 Å². The standard InChI is InChI=1S/C13H15N3O2S/c1-18-13(17)10-5-7-16-12(11(10)14)15-6-4-9-3-2-8-19-9/h2-3,5,7-8H,4,6,14H2,1H3,(H,15,16). The lowest BCUT2D eigenvalue weighted by Crippen LogP contribution is -2.12. The molecule has 0 bridgehead atoms. The van der Waals surface area contributed by atoms with Gasteiger partial charge in [-0.05, 0) is 23.9 Å². The van der Waals surface area contributed by atoms with Gasteiger partial charge in [0.05, 0.1) is 18.4 Å². The number of hydrogen-bond donors (Lipinski definition) is 2. The van der Waals surface area contributed by atoms with Gasteiger partial charge in [0.15, 0.2) is 0 Å². The third-order valence-corrected chi connectivity index (χ3v) is 3.58. The number of hydrogen-bond acceptors (Lipinski definition) is 6. The second-order valence-electron chi connectivity index (χ2n) is 3.87. The molecule has 0 atom stereocenters. The highest BCUT2D eigenvalue weighted by molar-refractivity contribution is 7.09. The normalized spacial score (nSPS) is 10.2. The van der Waals surface area contributed by atoms with Gasteiger partial charge in [-0.3, -0.25) is 0 Å². The fraction of sp³-hybridized carbons (Fsp3) is 0.231. The minimum atomic E-state index is -0.457. The molecule has 0 aliphatic heterocycles. The molecule has 0 saturated heterocycles. The Bertz CT molecular complexity index is 555. The molecule has 3 N–H and O–H groups in total. The van der Waals surface area contributed by atoms with Crippen LogP contribution in [0.25, 0.3) is 0 Å². The number of carbonyl (C=O) groups is 1. The molecule has 0 saturated carbocycles. The summed E-state index contributed by atoms with van der Waals surface area (Å²) in [5, 5.41) is 5.17. The first-order chi connectivity index (χ1) is 9.22. The summed E-state index contributed by atoms with van der Waals surface area (Å²) >= 11 is 1.71. The zero-order valence-electron chi connectivity index (χ0n) is 10.6. The van der Waals surface area contributed by atoms with Gasteiger partial charge in [-0.15, -0.1) is 11.3 Å². The monoisotopic (exact) mass is 277 g/mol. The van der Waals surface area contributed by atoms with Crippen LogP contribution in [0.4, 0.5) is 11.5 Å². The van der Waals surface area contributed by atoms with E-state index in [1.54, 1.807) is 17.4 Å². The van der Waals surface area contributed by atoms with Crippen LogP contribution >= 0.6 is 11.3 Å². The molecule has 0 aliphatic carbocycles. The van der Waals surface area contributed by atoms with Crippen molar-refractivity contribution >= 4 is 28.8 Å². The van der Waals surface area contributed by atoms with E-state index in [1.165, 1.54) is 18.2 Å². The van der Waals surface area contributed by atoms with Crippen LogP contribution in [0, 0.1) is 0 Å². The van der Waals surface area contributed by atoms with Crippen LogP contribution < -0.4 is 11.1 Å². The number of carbonyl (C=O) groups excluding carboxylic acids is 1. The molecule has 5 nitrogen and oxygen atoms in total. The number of nitrogens with zero attached hydrogens (tertiary/aromatic N) is 1. The van der Waals surface area contributed by atoms with Gasteiger partial charge in [-0.25, -0.2) is 9.78 Å². The van der Waals surface area contributed by atoms with E-state index in [0.717, 1.165) is 6.42 Å². The Morgan fingerprint density at radius 1 is 1.53 bits per heavy atom. The second kappa shape index (κ2) is 6.19. The summed E-state index contributed by atoms with van der Waals surface area (Å²) in [6.45, 7) is 0.711. The van der Waals surface area contributed by atoms with E-state index in [2.05, 4.69) is 21.1 Å². The van der Waals surface area contributed by atoms with Crippen LogP contribution in [0.1, 0.15) is 15.2 Å². The Morgan fingerprint density at radius 3 is 3.05 bits per heavy atom. The molecule has 0 spiro atoms. The minimum absolute atomic E-state index is 0.320. The number of thiophene rings is 1. The largest absolute Gasteiger partial charge is 0.465 e. The van der Waals surface area contributed by atoms with Crippen molar-refractivity contribution in [3.63, 3.8) is 0 Å². The van der Waals surface area contributed by atoms with Crippen molar-refractivity contribution in [3.8, 4) is 0 Å². The van der Waals surface area contributed by atoms with Crippen LogP contribution in [0.15, 0.2) is 29.8 Å². The number of anilines is 2. The average molecular weight is 277 g/mol. The summed E-state index contributed by atoms with van der Waals surface area (Å²) < 4.78 is 4.66. The average Bonchev–Trinajstić information content (AvgIpc) is 2.93. The number of nitrogens with one attached hydrogen (secondary N) is 1. The number of aromatic nitrogens is 1. The SMILES string of the molecule is COC(=O)c1ccnc(NCCc2cccs2)c1N. The van der Waals surface area contributed by atoms with E-state index in [0.29, 0.717) is 23.6 Å². The van der Waals surface area contributed by atoms with Crippen LogP contribution in [-0.2, 0) is 11.2 Å². The molecule has 0 radical (unpaired) electrons. The Kier molecular flexibility index (Phi) is 4.35. The molecule has 100 valence electrons. The van der Waals surface area contributed by atoms with E-state index < -0.39 is 5.97 Å². The first kappa shape index (κ1) is 13.4. The van der Waals surface area contributed by atoms with E-state index in [-0.39, 0.29) is 0 Å². The maximum Gasteiger partial charge on any atom is 0.340 e. The topological polar surface area (TPSA) is 77.2 Å². The molecular formula is C13H15N3O2S. The molecule has 2 heterocycles. The van der Waals surface area contributed by atoms with Gasteiger partial charge in [-0.1, -0.05) is 6.07 Å². The number of methoxy groups -OCH3 is 1. The van der Waals surface area contributed by atoms with Gasteiger partial charge in [0, 0.05) is 17.6 Å². The predicted molar refractivity (Wildman–Crippen MR) is 76.5 cm³/mol. The molecule has 0 aromatic carbocycles. The van der Waals surface area contributed by atoms with Gasteiger partial charge in [0.2, 0.25) is 0 Å². The van der Waals surface area contributed by atoms with E-state index >= 15 is 0 Å². The fourth-order valence-electron chi connectivity index (χ4n) is 1.66. The Hall–Kier alpha value is -2.08.